The van der Waals surface area contributed by atoms with E-state index in [0.717, 1.165) is 0 Å². The summed E-state index contributed by atoms with van der Waals surface area (Å²) >= 11 is 2.57. The molecule has 1 heteroatoms. The second-order valence-corrected chi connectivity index (χ2v) is 12.6. The van der Waals surface area contributed by atoms with Crippen LogP contribution in [0, 0.1) is 12.3 Å². The maximum atomic E-state index is 2.57. The van der Waals surface area contributed by atoms with Crippen LogP contribution in [0.5, 0.6) is 0 Å². The van der Waals surface area contributed by atoms with E-state index in [1.54, 1.807) is 11.1 Å². The standard InChI is InChI=1S/C25H43I/c1-7-24(3,4)16-12-8-10-14-22-18-21(2)19-23(20-22)15-11-9-13-17-25(5,6)26/h18-20H,7-17H2,1-6H3. The average Bonchev–Trinajstić information content (AvgIpc) is 2.52. The first-order chi connectivity index (χ1) is 12.1. The van der Waals surface area contributed by atoms with Crippen LogP contribution in [0.25, 0.3) is 0 Å². The van der Waals surface area contributed by atoms with E-state index in [-0.39, 0.29) is 0 Å². The molecule has 0 amide bonds. The van der Waals surface area contributed by atoms with Gasteiger partial charge in [0.15, 0.2) is 0 Å². The third kappa shape index (κ3) is 11.6. The predicted octanol–water partition coefficient (Wildman–Crippen LogP) is 8.85. The lowest BCUT2D eigenvalue weighted by molar-refractivity contribution is 0.308. The number of hydrogen-bond acceptors (Lipinski definition) is 0. The highest BCUT2D eigenvalue weighted by atomic mass is 127. The van der Waals surface area contributed by atoms with Gasteiger partial charge >= 0.3 is 0 Å². The number of benzene rings is 1. The second kappa shape index (κ2) is 11.7. The Morgan fingerprint density at radius 2 is 1.23 bits per heavy atom. The summed E-state index contributed by atoms with van der Waals surface area (Å²) in [6, 6.07) is 7.28. The van der Waals surface area contributed by atoms with Crippen molar-refractivity contribution in [3.05, 3.63) is 34.9 Å². The van der Waals surface area contributed by atoms with Crippen molar-refractivity contribution in [3.8, 4) is 0 Å². The molecule has 0 bridgehead atoms. The quantitative estimate of drug-likeness (QED) is 0.153. The highest BCUT2D eigenvalue weighted by molar-refractivity contribution is 14.1. The summed E-state index contributed by atoms with van der Waals surface area (Å²) in [5.74, 6) is 0. The summed E-state index contributed by atoms with van der Waals surface area (Å²) in [5, 5.41) is 0. The van der Waals surface area contributed by atoms with Gasteiger partial charge in [0, 0.05) is 3.42 Å². The molecule has 0 heterocycles. The Balaban J connectivity index is 2.32. The van der Waals surface area contributed by atoms with Crippen LogP contribution in [0.3, 0.4) is 0 Å². The maximum absolute atomic E-state index is 2.57. The Labute approximate surface area is 178 Å². The van der Waals surface area contributed by atoms with Gasteiger partial charge in [-0.15, -0.1) is 0 Å². The van der Waals surface area contributed by atoms with Crippen molar-refractivity contribution in [2.24, 2.45) is 5.41 Å². The van der Waals surface area contributed by atoms with Gasteiger partial charge in [-0.05, 0) is 62.0 Å². The largest absolute Gasteiger partial charge is 0.0795 e. The van der Waals surface area contributed by atoms with Gasteiger partial charge in [0.25, 0.3) is 0 Å². The van der Waals surface area contributed by atoms with E-state index in [1.165, 1.54) is 76.2 Å². The molecular formula is C25H43I. The Bertz CT molecular complexity index is 507. The first-order valence-corrected chi connectivity index (χ1v) is 12.0. The van der Waals surface area contributed by atoms with Gasteiger partial charge in [0.1, 0.15) is 0 Å². The van der Waals surface area contributed by atoms with Gasteiger partial charge in [0.05, 0.1) is 0 Å². The molecule has 0 nitrogen and oxygen atoms in total. The molecule has 0 aliphatic heterocycles. The lowest BCUT2D eigenvalue weighted by Crippen LogP contribution is -2.08. The molecule has 150 valence electrons. The van der Waals surface area contributed by atoms with E-state index in [0.29, 0.717) is 8.84 Å². The Morgan fingerprint density at radius 1 is 0.731 bits per heavy atom. The molecule has 0 fully saturated rings. The van der Waals surface area contributed by atoms with Crippen LogP contribution in [0.2, 0.25) is 0 Å². The highest BCUT2D eigenvalue weighted by Crippen LogP contribution is 2.27. The normalized spacial score (nSPS) is 12.6. The van der Waals surface area contributed by atoms with Crippen LogP contribution in [-0.4, -0.2) is 3.42 Å². The molecule has 0 saturated heterocycles. The van der Waals surface area contributed by atoms with Crippen LogP contribution in [0.15, 0.2) is 18.2 Å². The van der Waals surface area contributed by atoms with Gasteiger partial charge in [-0.2, -0.15) is 0 Å². The summed E-state index contributed by atoms with van der Waals surface area (Å²) in [5.41, 5.74) is 5.09. The van der Waals surface area contributed by atoms with Crippen LogP contribution in [-0.2, 0) is 12.8 Å². The number of unbranched alkanes of at least 4 members (excludes halogenated alkanes) is 4. The number of hydrogen-bond donors (Lipinski definition) is 0. The molecule has 0 aliphatic rings. The summed E-state index contributed by atoms with van der Waals surface area (Å²) in [6.45, 7) is 14.1. The van der Waals surface area contributed by atoms with Gasteiger partial charge < -0.3 is 0 Å². The molecule has 26 heavy (non-hydrogen) atoms. The summed E-state index contributed by atoms with van der Waals surface area (Å²) < 4.78 is 0.459. The molecule has 0 unspecified atom stereocenters. The van der Waals surface area contributed by atoms with Crippen molar-refractivity contribution in [2.45, 2.75) is 116 Å². The van der Waals surface area contributed by atoms with E-state index < -0.39 is 0 Å². The Morgan fingerprint density at radius 3 is 1.69 bits per heavy atom. The molecule has 0 aliphatic carbocycles. The van der Waals surface area contributed by atoms with E-state index >= 15 is 0 Å². The van der Waals surface area contributed by atoms with E-state index in [4.69, 9.17) is 0 Å². The maximum Gasteiger partial charge on any atom is 0.0166 e. The fraction of sp³-hybridized carbons (Fsp3) is 0.760. The lowest BCUT2D eigenvalue weighted by Gasteiger charge is -2.22. The zero-order chi connectivity index (χ0) is 19.6. The van der Waals surface area contributed by atoms with E-state index in [2.05, 4.69) is 82.3 Å². The fourth-order valence-corrected chi connectivity index (χ4v) is 3.96. The molecular weight excluding hydrogens is 427 g/mol. The van der Waals surface area contributed by atoms with Gasteiger partial charge in [-0.3, -0.25) is 0 Å². The summed E-state index contributed by atoms with van der Waals surface area (Å²) in [7, 11) is 0. The van der Waals surface area contributed by atoms with Crippen molar-refractivity contribution < 1.29 is 0 Å². The van der Waals surface area contributed by atoms with Gasteiger partial charge in [-0.25, -0.2) is 0 Å². The molecule has 0 N–H and O–H groups in total. The minimum atomic E-state index is 0.459. The van der Waals surface area contributed by atoms with E-state index in [9.17, 15) is 0 Å². The van der Waals surface area contributed by atoms with Crippen LogP contribution in [0.1, 0.15) is 109 Å². The van der Waals surface area contributed by atoms with Crippen molar-refractivity contribution in [3.63, 3.8) is 0 Å². The predicted molar refractivity (Wildman–Crippen MR) is 128 cm³/mol. The molecule has 1 aromatic carbocycles. The first kappa shape index (κ1) is 24.0. The SMILES string of the molecule is CCC(C)(C)CCCCCc1cc(C)cc(CCCCCC(C)(C)I)c1. The fourth-order valence-electron chi connectivity index (χ4n) is 3.57. The number of aryl methyl sites for hydroxylation is 3. The van der Waals surface area contributed by atoms with Crippen molar-refractivity contribution in [1.82, 2.24) is 0 Å². The molecule has 0 radical (unpaired) electrons. The molecule has 0 saturated carbocycles. The van der Waals surface area contributed by atoms with Crippen LogP contribution in [0.4, 0.5) is 0 Å². The number of halogens is 1. The molecule has 0 aromatic heterocycles. The minimum absolute atomic E-state index is 0.459. The van der Waals surface area contributed by atoms with Crippen molar-refractivity contribution in [1.29, 1.82) is 0 Å². The molecule has 1 rings (SSSR count). The Hall–Kier alpha value is -0.0500. The minimum Gasteiger partial charge on any atom is -0.0795 e. The zero-order valence-electron chi connectivity index (χ0n) is 18.4. The summed E-state index contributed by atoms with van der Waals surface area (Å²) in [6.07, 6.45) is 14.7. The zero-order valence-corrected chi connectivity index (χ0v) is 20.5. The first-order valence-electron chi connectivity index (χ1n) is 10.9. The molecule has 0 atom stereocenters. The van der Waals surface area contributed by atoms with E-state index in [1.807, 2.05) is 0 Å². The third-order valence-corrected chi connectivity index (χ3v) is 6.25. The summed E-state index contributed by atoms with van der Waals surface area (Å²) in [4.78, 5) is 0. The molecule has 1 aromatic rings. The van der Waals surface area contributed by atoms with Crippen LogP contribution < -0.4 is 0 Å². The monoisotopic (exact) mass is 470 g/mol. The lowest BCUT2D eigenvalue weighted by atomic mass is 9.84. The van der Waals surface area contributed by atoms with Crippen LogP contribution >= 0.6 is 22.6 Å². The second-order valence-electron chi connectivity index (χ2n) is 9.68. The smallest absolute Gasteiger partial charge is 0.0166 e. The van der Waals surface area contributed by atoms with Crippen molar-refractivity contribution in [2.75, 3.05) is 0 Å². The Kier molecular flexibility index (Phi) is 10.8. The molecule has 0 spiro atoms. The van der Waals surface area contributed by atoms with Crippen molar-refractivity contribution >= 4 is 22.6 Å². The topological polar surface area (TPSA) is 0 Å². The number of rotatable bonds is 13. The average molecular weight is 471 g/mol. The van der Waals surface area contributed by atoms with Gasteiger partial charge in [-0.1, -0.05) is 113 Å². The highest BCUT2D eigenvalue weighted by Gasteiger charge is 2.14. The number of alkyl halides is 1. The third-order valence-electron chi connectivity index (χ3n) is 5.71. The van der Waals surface area contributed by atoms with Gasteiger partial charge in [0.2, 0.25) is 0 Å².